The topological polar surface area (TPSA) is 95.4 Å². The fourth-order valence-electron chi connectivity index (χ4n) is 0.154. The van der Waals surface area contributed by atoms with Crippen LogP contribution in [0.25, 0.3) is 0 Å². The summed E-state index contributed by atoms with van der Waals surface area (Å²) < 4.78 is 3.77. The summed E-state index contributed by atoms with van der Waals surface area (Å²) in [5.74, 6) is -0.822. The molecule has 0 spiro atoms. The quantitative estimate of drug-likeness (QED) is 0.312. The van der Waals surface area contributed by atoms with Gasteiger partial charge in [-0.1, -0.05) is 0 Å². The van der Waals surface area contributed by atoms with E-state index in [2.05, 4.69) is 10.5 Å². The molecule has 0 heterocycles. The molecule has 0 radical (unpaired) electrons. The Hall–Kier alpha value is 0.471. The van der Waals surface area contributed by atoms with E-state index in [1.807, 2.05) is 0 Å². The molecule has 0 aliphatic rings. The molecule has 6 heteroatoms. The number of rotatable bonds is 1. The molecule has 4 N–H and O–H groups in total. The zero-order valence-electron chi connectivity index (χ0n) is 4.09. The number of hydrogen-bond acceptors (Lipinski definition) is 4. The standard InChI is InChI=1S/C3H6N2O3.Ba.2H/c4-1-2(6)8-3(5)7;;;/h1,4H2,(H2,5,7);;;. The van der Waals surface area contributed by atoms with Crippen LogP contribution in [0.3, 0.4) is 0 Å². The van der Waals surface area contributed by atoms with E-state index in [-0.39, 0.29) is 55.4 Å². The molecule has 0 unspecified atom stereocenters. The van der Waals surface area contributed by atoms with Crippen LogP contribution in [0.1, 0.15) is 0 Å². The van der Waals surface area contributed by atoms with Gasteiger partial charge in [0.15, 0.2) is 0 Å². The summed E-state index contributed by atoms with van der Waals surface area (Å²) in [5.41, 5.74) is 9.17. The average molecular weight is 257 g/mol. The van der Waals surface area contributed by atoms with Crippen LogP contribution in [-0.4, -0.2) is 67.5 Å². The van der Waals surface area contributed by atoms with Crippen LogP contribution in [0, 0.1) is 0 Å². The molecule has 0 aromatic carbocycles. The van der Waals surface area contributed by atoms with Gasteiger partial charge >= 0.3 is 60.9 Å². The fourth-order valence-corrected chi connectivity index (χ4v) is 0.154. The van der Waals surface area contributed by atoms with Crippen LogP contribution in [0.4, 0.5) is 4.79 Å². The van der Waals surface area contributed by atoms with E-state index in [0.717, 1.165) is 0 Å². The van der Waals surface area contributed by atoms with Gasteiger partial charge in [-0.3, -0.25) is 4.79 Å². The molecule has 0 saturated carbocycles. The van der Waals surface area contributed by atoms with Crippen LogP contribution in [-0.2, 0) is 9.53 Å². The van der Waals surface area contributed by atoms with Crippen molar-refractivity contribution in [2.45, 2.75) is 0 Å². The average Bonchev–Trinajstić information content (AvgIpc) is 1.65. The molecule has 0 aliphatic heterocycles. The number of esters is 1. The summed E-state index contributed by atoms with van der Waals surface area (Å²) in [6.07, 6.45) is -1.12. The Kier molecular flexibility index (Phi) is 8.92. The van der Waals surface area contributed by atoms with Gasteiger partial charge in [-0.2, -0.15) is 0 Å². The van der Waals surface area contributed by atoms with Crippen LogP contribution >= 0.6 is 0 Å². The van der Waals surface area contributed by atoms with Crippen molar-refractivity contribution < 1.29 is 14.3 Å². The van der Waals surface area contributed by atoms with Crippen LogP contribution in [0.2, 0.25) is 0 Å². The molecular formula is C3H8BaN2O3. The molecule has 50 valence electrons. The molecule has 0 saturated heterocycles. The Morgan fingerprint density at radius 3 is 2.00 bits per heavy atom. The van der Waals surface area contributed by atoms with Crippen molar-refractivity contribution in [1.82, 2.24) is 0 Å². The first-order chi connectivity index (χ1) is 3.66. The summed E-state index contributed by atoms with van der Waals surface area (Å²) in [4.78, 5) is 19.7. The summed E-state index contributed by atoms with van der Waals surface area (Å²) in [6.45, 7) is -0.330. The van der Waals surface area contributed by atoms with Crippen LogP contribution < -0.4 is 11.5 Å². The number of carbonyl (C=O) groups is 2. The second-order valence-corrected chi connectivity index (χ2v) is 0.997. The first kappa shape index (κ1) is 12.2. The van der Waals surface area contributed by atoms with Gasteiger partial charge in [0.1, 0.15) is 0 Å². The van der Waals surface area contributed by atoms with E-state index in [0.29, 0.717) is 0 Å². The van der Waals surface area contributed by atoms with E-state index in [4.69, 9.17) is 5.73 Å². The van der Waals surface area contributed by atoms with E-state index in [9.17, 15) is 9.59 Å². The van der Waals surface area contributed by atoms with E-state index >= 15 is 0 Å². The molecule has 0 aromatic heterocycles. The number of hydrogen-bond donors (Lipinski definition) is 2. The predicted molar refractivity (Wildman–Crippen MR) is 33.3 cm³/mol. The molecule has 0 rings (SSSR count). The van der Waals surface area contributed by atoms with E-state index < -0.39 is 12.1 Å². The van der Waals surface area contributed by atoms with Crippen molar-refractivity contribution >= 4 is 60.9 Å². The zero-order chi connectivity index (χ0) is 6.57. The Balaban J connectivity index is 0. The van der Waals surface area contributed by atoms with Crippen molar-refractivity contribution in [2.75, 3.05) is 6.54 Å². The molecule has 0 bridgehead atoms. The second kappa shape index (κ2) is 6.59. The van der Waals surface area contributed by atoms with Crippen LogP contribution in [0.5, 0.6) is 0 Å². The van der Waals surface area contributed by atoms with Crippen molar-refractivity contribution in [1.29, 1.82) is 0 Å². The predicted octanol–water partition coefficient (Wildman–Crippen LogP) is -2.35. The van der Waals surface area contributed by atoms with Gasteiger partial charge in [0.05, 0.1) is 6.54 Å². The van der Waals surface area contributed by atoms with Gasteiger partial charge in [-0.05, 0) is 0 Å². The SMILES string of the molecule is NCC(=O)OC(N)=O.[BaH2]. The van der Waals surface area contributed by atoms with E-state index in [1.165, 1.54) is 0 Å². The third-order valence-electron chi connectivity index (χ3n) is 0.381. The molecule has 5 nitrogen and oxygen atoms in total. The Morgan fingerprint density at radius 2 is 1.89 bits per heavy atom. The van der Waals surface area contributed by atoms with Gasteiger partial charge in [-0.15, -0.1) is 0 Å². The maximum absolute atomic E-state index is 9.97. The van der Waals surface area contributed by atoms with Crippen molar-refractivity contribution in [2.24, 2.45) is 11.5 Å². The number of carbonyl (C=O) groups excluding carboxylic acids is 2. The number of primary amides is 1. The summed E-state index contributed by atoms with van der Waals surface area (Å²) in [7, 11) is 0. The molecule has 1 amide bonds. The van der Waals surface area contributed by atoms with Gasteiger partial charge in [0.2, 0.25) is 0 Å². The first-order valence-electron chi connectivity index (χ1n) is 1.87. The maximum atomic E-state index is 9.97. The summed E-state index contributed by atoms with van der Waals surface area (Å²) >= 11 is 0. The van der Waals surface area contributed by atoms with Gasteiger partial charge < -0.3 is 16.2 Å². The van der Waals surface area contributed by atoms with Gasteiger partial charge in [-0.25, -0.2) is 4.79 Å². The fraction of sp³-hybridized carbons (Fsp3) is 0.333. The monoisotopic (exact) mass is 258 g/mol. The Bertz CT molecular complexity index is 116. The molecule has 9 heavy (non-hydrogen) atoms. The third-order valence-corrected chi connectivity index (χ3v) is 0.381. The van der Waals surface area contributed by atoms with Crippen molar-refractivity contribution in [3.05, 3.63) is 0 Å². The van der Waals surface area contributed by atoms with Gasteiger partial charge in [0, 0.05) is 0 Å². The molecule has 0 atom stereocenters. The minimum atomic E-state index is -1.12. The minimum absolute atomic E-state index is 0. The molecule has 0 aliphatic carbocycles. The van der Waals surface area contributed by atoms with Crippen LogP contribution in [0.15, 0.2) is 0 Å². The number of ether oxygens (including phenoxy) is 1. The summed E-state index contributed by atoms with van der Waals surface area (Å²) in [5, 5.41) is 0. The zero-order valence-corrected chi connectivity index (χ0v) is 4.09. The molecule has 0 aromatic rings. The van der Waals surface area contributed by atoms with Crippen molar-refractivity contribution in [3.63, 3.8) is 0 Å². The van der Waals surface area contributed by atoms with Gasteiger partial charge in [0.25, 0.3) is 0 Å². The third kappa shape index (κ3) is 8.47. The number of nitrogens with two attached hydrogens (primary N) is 2. The first-order valence-corrected chi connectivity index (χ1v) is 1.87. The number of amides is 1. The summed E-state index contributed by atoms with van der Waals surface area (Å²) in [6, 6.07) is 0. The molecular weight excluding hydrogens is 249 g/mol. The van der Waals surface area contributed by atoms with E-state index in [1.54, 1.807) is 0 Å². The van der Waals surface area contributed by atoms with Crippen molar-refractivity contribution in [3.8, 4) is 0 Å². The second-order valence-electron chi connectivity index (χ2n) is 0.997. The molecule has 0 fully saturated rings. The Labute approximate surface area is 92.2 Å². The normalized spacial score (nSPS) is 7.22. The Morgan fingerprint density at radius 1 is 1.44 bits per heavy atom.